The summed E-state index contributed by atoms with van der Waals surface area (Å²) in [4.78, 5) is 10.5. The zero-order valence-corrected chi connectivity index (χ0v) is 16.6. The molecular weight excluding hydrogens is 403 g/mol. The standard InChI is InChI=1S/C16H21N7.C2HF3O2/c1-16(2,3)15(17)14-11-22(21-19-14)10-12-9-18-23(20-12)13-7-5-4-6-8-13;3-2(4,5)1(6)7/h4-9,11,15H,10,17H2,1-3H3;(H,6,7). The first kappa shape index (κ1) is 23.0. The lowest BCUT2D eigenvalue weighted by Crippen LogP contribution is -2.26. The van der Waals surface area contributed by atoms with Crippen LogP contribution < -0.4 is 5.73 Å². The first-order valence-electron chi connectivity index (χ1n) is 8.80. The summed E-state index contributed by atoms with van der Waals surface area (Å²) < 4.78 is 33.5. The van der Waals surface area contributed by atoms with Crippen LogP contribution in [0.1, 0.15) is 38.2 Å². The lowest BCUT2D eigenvalue weighted by molar-refractivity contribution is -0.192. The zero-order valence-electron chi connectivity index (χ0n) is 16.6. The minimum atomic E-state index is -5.08. The summed E-state index contributed by atoms with van der Waals surface area (Å²) in [7, 11) is 0. The maximum atomic E-state index is 10.6. The molecule has 0 aliphatic rings. The lowest BCUT2D eigenvalue weighted by Gasteiger charge is -2.24. The third-order valence-electron chi connectivity index (χ3n) is 3.90. The van der Waals surface area contributed by atoms with Crippen molar-refractivity contribution in [3.63, 3.8) is 0 Å². The SMILES string of the molecule is CC(C)(C)C(N)c1cn(Cc2cnn(-c3ccccc3)n2)nn1.O=C(O)C(F)(F)F. The Hall–Kier alpha value is -3.28. The molecule has 0 spiro atoms. The van der Waals surface area contributed by atoms with Gasteiger partial charge in [0.2, 0.25) is 0 Å². The normalized spacial score (nSPS) is 12.8. The molecule has 0 bridgehead atoms. The van der Waals surface area contributed by atoms with Crippen molar-refractivity contribution in [3.05, 3.63) is 54.1 Å². The fourth-order valence-electron chi connectivity index (χ4n) is 2.20. The molecule has 3 N–H and O–H groups in total. The Morgan fingerprint density at radius 2 is 1.80 bits per heavy atom. The number of carboxylic acid groups (broad SMARTS) is 1. The average molecular weight is 425 g/mol. The van der Waals surface area contributed by atoms with Gasteiger partial charge >= 0.3 is 12.1 Å². The van der Waals surface area contributed by atoms with Gasteiger partial charge in [-0.1, -0.05) is 44.2 Å². The number of nitrogens with zero attached hydrogens (tertiary/aromatic N) is 6. The van der Waals surface area contributed by atoms with Gasteiger partial charge in [-0.05, 0) is 17.5 Å². The van der Waals surface area contributed by atoms with Gasteiger partial charge < -0.3 is 10.8 Å². The number of benzene rings is 1. The molecule has 3 aromatic rings. The number of hydrogen-bond donors (Lipinski definition) is 2. The van der Waals surface area contributed by atoms with Crippen LogP contribution in [0.5, 0.6) is 0 Å². The third-order valence-corrected chi connectivity index (χ3v) is 3.90. The molecule has 9 nitrogen and oxygen atoms in total. The molecule has 0 amide bonds. The van der Waals surface area contributed by atoms with Crippen LogP contribution in [0.25, 0.3) is 5.69 Å². The summed E-state index contributed by atoms with van der Waals surface area (Å²) in [5.41, 5.74) is 8.68. The Morgan fingerprint density at radius 3 is 2.33 bits per heavy atom. The topological polar surface area (TPSA) is 125 Å². The Kier molecular flexibility index (Phi) is 6.92. The predicted octanol–water partition coefficient (Wildman–Crippen LogP) is 2.59. The fourth-order valence-corrected chi connectivity index (χ4v) is 2.20. The molecule has 0 aliphatic carbocycles. The van der Waals surface area contributed by atoms with Gasteiger partial charge in [-0.2, -0.15) is 28.2 Å². The smallest absolute Gasteiger partial charge is 0.475 e. The monoisotopic (exact) mass is 425 g/mol. The van der Waals surface area contributed by atoms with Crippen molar-refractivity contribution in [1.29, 1.82) is 0 Å². The summed E-state index contributed by atoms with van der Waals surface area (Å²) in [5, 5.41) is 24.2. The minimum absolute atomic E-state index is 0.0582. The van der Waals surface area contributed by atoms with Gasteiger partial charge in [0.25, 0.3) is 0 Å². The number of hydrogen-bond acceptors (Lipinski definition) is 6. The highest BCUT2D eigenvalue weighted by molar-refractivity contribution is 5.73. The van der Waals surface area contributed by atoms with Crippen molar-refractivity contribution in [2.24, 2.45) is 11.1 Å². The van der Waals surface area contributed by atoms with Crippen LogP contribution in [0.4, 0.5) is 13.2 Å². The summed E-state index contributed by atoms with van der Waals surface area (Å²) in [6.45, 7) is 6.77. The summed E-state index contributed by atoms with van der Waals surface area (Å²) in [5.74, 6) is -2.76. The van der Waals surface area contributed by atoms with E-state index in [-0.39, 0.29) is 11.5 Å². The molecule has 1 unspecified atom stereocenters. The van der Waals surface area contributed by atoms with E-state index < -0.39 is 12.1 Å². The quantitative estimate of drug-likeness (QED) is 0.658. The number of halogens is 3. The molecule has 0 fully saturated rings. The van der Waals surface area contributed by atoms with E-state index in [4.69, 9.17) is 15.6 Å². The Bertz CT molecular complexity index is 962. The van der Waals surface area contributed by atoms with E-state index in [1.165, 1.54) is 0 Å². The van der Waals surface area contributed by atoms with Crippen molar-refractivity contribution >= 4 is 5.97 Å². The highest BCUT2D eigenvalue weighted by Gasteiger charge is 2.38. The largest absolute Gasteiger partial charge is 0.490 e. The van der Waals surface area contributed by atoms with Gasteiger partial charge in [-0.3, -0.25) is 0 Å². The second-order valence-corrected chi connectivity index (χ2v) is 7.45. The van der Waals surface area contributed by atoms with E-state index in [9.17, 15) is 13.2 Å². The fraction of sp³-hybridized carbons (Fsp3) is 0.389. The van der Waals surface area contributed by atoms with Crippen molar-refractivity contribution in [2.45, 2.75) is 39.5 Å². The average Bonchev–Trinajstić information content (AvgIpc) is 3.31. The number of rotatable bonds is 4. The van der Waals surface area contributed by atoms with Crippen molar-refractivity contribution < 1.29 is 23.1 Å². The lowest BCUT2D eigenvalue weighted by atomic mass is 9.86. The second-order valence-electron chi connectivity index (χ2n) is 7.45. The van der Waals surface area contributed by atoms with Gasteiger partial charge in [0, 0.05) is 0 Å². The summed E-state index contributed by atoms with van der Waals surface area (Å²) in [6, 6.07) is 9.63. The third kappa shape index (κ3) is 6.37. The number of para-hydroxylation sites is 1. The molecule has 0 radical (unpaired) electrons. The number of aromatic nitrogens is 6. The van der Waals surface area contributed by atoms with Crippen LogP contribution in [0, 0.1) is 5.41 Å². The van der Waals surface area contributed by atoms with Gasteiger partial charge in [-0.15, -0.1) is 5.10 Å². The molecule has 1 atom stereocenters. The molecule has 12 heteroatoms. The number of nitrogens with two attached hydrogens (primary N) is 1. The maximum Gasteiger partial charge on any atom is 0.490 e. The number of carboxylic acids is 1. The zero-order chi connectivity index (χ0) is 22.5. The molecule has 1 aromatic carbocycles. The highest BCUT2D eigenvalue weighted by Crippen LogP contribution is 2.28. The molecule has 30 heavy (non-hydrogen) atoms. The Labute approximate surface area is 170 Å². The van der Waals surface area contributed by atoms with Gasteiger partial charge in [0.05, 0.1) is 36.4 Å². The van der Waals surface area contributed by atoms with Gasteiger partial charge in [-0.25, -0.2) is 9.48 Å². The van der Waals surface area contributed by atoms with Gasteiger partial charge in [0.1, 0.15) is 5.69 Å². The summed E-state index contributed by atoms with van der Waals surface area (Å²) >= 11 is 0. The van der Waals surface area contributed by atoms with E-state index in [0.717, 1.165) is 17.1 Å². The minimum Gasteiger partial charge on any atom is -0.475 e. The van der Waals surface area contributed by atoms with Gasteiger partial charge in [0.15, 0.2) is 0 Å². The molecule has 0 saturated carbocycles. The first-order valence-corrected chi connectivity index (χ1v) is 8.80. The number of carbonyl (C=O) groups is 1. The van der Waals surface area contributed by atoms with Crippen LogP contribution >= 0.6 is 0 Å². The van der Waals surface area contributed by atoms with Crippen LogP contribution in [-0.2, 0) is 11.3 Å². The van der Waals surface area contributed by atoms with E-state index in [2.05, 4.69) is 41.3 Å². The summed E-state index contributed by atoms with van der Waals surface area (Å²) in [6.07, 6.45) is -1.48. The van der Waals surface area contributed by atoms with Crippen LogP contribution in [-0.4, -0.2) is 47.2 Å². The molecule has 0 aliphatic heterocycles. The first-order chi connectivity index (χ1) is 13.9. The predicted molar refractivity (Wildman–Crippen MR) is 101 cm³/mol. The number of alkyl halides is 3. The Balaban J connectivity index is 0.000000396. The van der Waals surface area contributed by atoms with E-state index >= 15 is 0 Å². The highest BCUT2D eigenvalue weighted by atomic mass is 19.4. The van der Waals surface area contributed by atoms with Crippen LogP contribution in [0.2, 0.25) is 0 Å². The molecule has 2 heterocycles. The Morgan fingerprint density at radius 1 is 1.20 bits per heavy atom. The molecule has 162 valence electrons. The van der Waals surface area contributed by atoms with Crippen molar-refractivity contribution in [2.75, 3.05) is 0 Å². The maximum absolute atomic E-state index is 10.6. The van der Waals surface area contributed by atoms with E-state index in [0.29, 0.717) is 6.54 Å². The van der Waals surface area contributed by atoms with E-state index in [1.807, 2.05) is 36.5 Å². The second kappa shape index (κ2) is 9.03. The number of aliphatic carboxylic acids is 1. The van der Waals surface area contributed by atoms with Crippen LogP contribution in [0.15, 0.2) is 42.7 Å². The van der Waals surface area contributed by atoms with Crippen LogP contribution in [0.3, 0.4) is 0 Å². The van der Waals surface area contributed by atoms with Crippen molar-refractivity contribution in [1.82, 2.24) is 30.0 Å². The molecule has 2 aromatic heterocycles. The molecule has 0 saturated heterocycles. The molecule has 3 rings (SSSR count). The molecular formula is C18H22F3N7O2. The van der Waals surface area contributed by atoms with E-state index in [1.54, 1.807) is 15.7 Å². The van der Waals surface area contributed by atoms with Crippen molar-refractivity contribution in [3.8, 4) is 5.69 Å².